The summed E-state index contributed by atoms with van der Waals surface area (Å²) in [6.45, 7) is 1.71. The highest BCUT2D eigenvalue weighted by molar-refractivity contribution is 5.87. The first-order valence-electron chi connectivity index (χ1n) is 9.26. The van der Waals surface area contributed by atoms with Gasteiger partial charge in [-0.15, -0.1) is 0 Å². The van der Waals surface area contributed by atoms with Gasteiger partial charge in [-0.25, -0.2) is 4.98 Å². The third-order valence-corrected chi connectivity index (χ3v) is 5.69. The third kappa shape index (κ3) is 3.04. The van der Waals surface area contributed by atoms with Crippen LogP contribution in [0.1, 0.15) is 51.0 Å². The molecule has 1 unspecified atom stereocenters. The van der Waals surface area contributed by atoms with Gasteiger partial charge in [0.05, 0.1) is 16.8 Å². The number of aromatic amines is 1. The topological polar surface area (TPSA) is 89.1 Å². The van der Waals surface area contributed by atoms with Crippen molar-refractivity contribution in [3.63, 3.8) is 0 Å². The molecule has 6 heteroatoms. The monoisotopic (exact) mass is 354 g/mol. The average Bonchev–Trinajstić information content (AvgIpc) is 2.61. The number of esters is 1. The number of carbonyl (C=O) groups excluding carboxylic acids is 2. The Morgan fingerprint density at radius 3 is 2.62 bits per heavy atom. The zero-order valence-electron chi connectivity index (χ0n) is 14.7. The summed E-state index contributed by atoms with van der Waals surface area (Å²) < 4.78 is 5.60. The van der Waals surface area contributed by atoms with Crippen LogP contribution in [0.4, 0.5) is 0 Å². The fourth-order valence-electron chi connectivity index (χ4n) is 4.30. The lowest BCUT2D eigenvalue weighted by molar-refractivity contribution is -0.158. The van der Waals surface area contributed by atoms with Crippen molar-refractivity contribution in [1.82, 2.24) is 9.97 Å². The first kappa shape index (κ1) is 16.9. The second-order valence-electron chi connectivity index (χ2n) is 7.44. The van der Waals surface area contributed by atoms with E-state index in [2.05, 4.69) is 9.97 Å². The molecule has 1 heterocycles. The lowest BCUT2D eigenvalue weighted by Crippen LogP contribution is -2.39. The smallest absolute Gasteiger partial charge is 0.309 e. The van der Waals surface area contributed by atoms with Gasteiger partial charge in [0.1, 0.15) is 5.78 Å². The number of carbonyl (C=O) groups is 2. The van der Waals surface area contributed by atoms with Crippen LogP contribution in [0.2, 0.25) is 0 Å². The molecule has 2 fully saturated rings. The van der Waals surface area contributed by atoms with Crippen molar-refractivity contribution in [2.45, 2.75) is 45.1 Å². The summed E-state index contributed by atoms with van der Waals surface area (Å²) in [7, 11) is 0. The lowest BCUT2D eigenvalue weighted by atomic mass is 9.67. The predicted molar refractivity (Wildman–Crippen MR) is 95.4 cm³/mol. The molecular formula is C20H22N2O4. The maximum absolute atomic E-state index is 12.6. The molecule has 2 bridgehead atoms. The number of Topliss-reactive ketones (excluding diaryl/α,β-unsaturated/α-hetero) is 1. The van der Waals surface area contributed by atoms with Gasteiger partial charge in [0.2, 0.25) is 0 Å². The third-order valence-electron chi connectivity index (χ3n) is 5.69. The van der Waals surface area contributed by atoms with E-state index in [1.165, 1.54) is 0 Å². The molecule has 1 N–H and O–H groups in total. The number of hydrogen-bond donors (Lipinski definition) is 1. The van der Waals surface area contributed by atoms with Crippen LogP contribution in [0.25, 0.3) is 10.9 Å². The van der Waals surface area contributed by atoms with Gasteiger partial charge in [0.25, 0.3) is 5.56 Å². The van der Waals surface area contributed by atoms with Gasteiger partial charge in [0, 0.05) is 11.8 Å². The van der Waals surface area contributed by atoms with E-state index in [9.17, 15) is 14.4 Å². The van der Waals surface area contributed by atoms with Crippen molar-refractivity contribution < 1.29 is 14.3 Å². The molecule has 2 aromatic rings. The highest BCUT2D eigenvalue weighted by Crippen LogP contribution is 2.40. The van der Waals surface area contributed by atoms with Gasteiger partial charge < -0.3 is 9.72 Å². The van der Waals surface area contributed by atoms with Gasteiger partial charge in [-0.2, -0.15) is 0 Å². The standard InChI is InChI=1S/C20H22N2O4/c1-11(18-21-16-8-3-2-7-15(16)19(24)22-18)26-20(25)14-9-12-5-4-6-13(10-14)17(12)23/h2-3,7-8,11-14H,4-6,9-10H2,1H3,(H,21,22,24)/t11-,12-,13+,14?/m1/s1. The summed E-state index contributed by atoms with van der Waals surface area (Å²) >= 11 is 0. The molecule has 26 heavy (non-hydrogen) atoms. The van der Waals surface area contributed by atoms with E-state index in [0.717, 1.165) is 19.3 Å². The number of aromatic nitrogens is 2. The van der Waals surface area contributed by atoms with E-state index in [1.54, 1.807) is 25.1 Å². The van der Waals surface area contributed by atoms with E-state index >= 15 is 0 Å². The molecule has 0 radical (unpaired) electrons. The summed E-state index contributed by atoms with van der Waals surface area (Å²) in [5.74, 6) is 0.154. The predicted octanol–water partition coefficient (Wildman–Crippen LogP) is 2.92. The van der Waals surface area contributed by atoms with Crippen LogP contribution in [0.3, 0.4) is 0 Å². The molecule has 0 amide bonds. The Kier molecular flexibility index (Phi) is 4.34. The molecule has 2 saturated carbocycles. The molecule has 136 valence electrons. The van der Waals surface area contributed by atoms with Crippen molar-refractivity contribution in [2.75, 3.05) is 0 Å². The second-order valence-corrected chi connectivity index (χ2v) is 7.44. The van der Waals surface area contributed by atoms with Crippen molar-refractivity contribution in [1.29, 1.82) is 0 Å². The molecule has 0 aliphatic heterocycles. The average molecular weight is 354 g/mol. The Morgan fingerprint density at radius 1 is 1.19 bits per heavy atom. The molecule has 6 nitrogen and oxygen atoms in total. The van der Waals surface area contributed by atoms with Crippen LogP contribution in [0.5, 0.6) is 0 Å². The number of ketones is 1. The SMILES string of the molecule is C[C@@H](OC(=O)C1C[C@H]2CCC[C@@H](C1)C2=O)c1nc2ccccc2c(=O)[nH]1. The van der Waals surface area contributed by atoms with Crippen molar-refractivity contribution in [2.24, 2.45) is 17.8 Å². The number of fused-ring (bicyclic) bond motifs is 3. The Morgan fingerprint density at radius 2 is 1.88 bits per heavy atom. The van der Waals surface area contributed by atoms with Gasteiger partial charge in [0.15, 0.2) is 11.9 Å². The zero-order valence-corrected chi connectivity index (χ0v) is 14.7. The molecule has 2 aliphatic rings. The summed E-state index contributed by atoms with van der Waals surface area (Å²) in [4.78, 5) is 44.1. The van der Waals surface area contributed by atoms with E-state index in [4.69, 9.17) is 4.74 Å². The van der Waals surface area contributed by atoms with Crippen LogP contribution in [-0.4, -0.2) is 21.7 Å². The van der Waals surface area contributed by atoms with Crippen molar-refractivity contribution in [3.8, 4) is 0 Å². The summed E-state index contributed by atoms with van der Waals surface area (Å²) in [6.07, 6.45) is 3.37. The van der Waals surface area contributed by atoms with E-state index in [0.29, 0.717) is 35.4 Å². The first-order chi connectivity index (χ1) is 12.5. The van der Waals surface area contributed by atoms with Crippen LogP contribution in [0.15, 0.2) is 29.1 Å². The number of H-pyrrole nitrogens is 1. The minimum absolute atomic E-state index is 0.00829. The van der Waals surface area contributed by atoms with Gasteiger partial charge in [-0.3, -0.25) is 14.4 Å². The fraction of sp³-hybridized carbons (Fsp3) is 0.500. The lowest BCUT2D eigenvalue weighted by Gasteiger charge is -2.36. The number of rotatable bonds is 3. The van der Waals surface area contributed by atoms with Crippen LogP contribution < -0.4 is 5.56 Å². The van der Waals surface area contributed by atoms with E-state index in [1.807, 2.05) is 6.07 Å². The number of ether oxygens (including phenoxy) is 1. The quantitative estimate of drug-likeness (QED) is 0.856. The summed E-state index contributed by atoms with van der Waals surface area (Å²) in [6, 6.07) is 7.06. The minimum atomic E-state index is -0.641. The largest absolute Gasteiger partial charge is 0.454 e. The fourth-order valence-corrected chi connectivity index (χ4v) is 4.30. The van der Waals surface area contributed by atoms with Gasteiger partial charge >= 0.3 is 5.97 Å². The van der Waals surface area contributed by atoms with Crippen molar-refractivity contribution in [3.05, 3.63) is 40.4 Å². The van der Waals surface area contributed by atoms with Crippen molar-refractivity contribution >= 4 is 22.7 Å². The van der Waals surface area contributed by atoms with Crippen LogP contribution in [0, 0.1) is 17.8 Å². The first-order valence-corrected chi connectivity index (χ1v) is 9.26. The minimum Gasteiger partial charge on any atom is -0.454 e. The highest BCUT2D eigenvalue weighted by Gasteiger charge is 2.42. The number of para-hydroxylation sites is 1. The number of nitrogens with zero attached hydrogens (tertiary/aromatic N) is 1. The highest BCUT2D eigenvalue weighted by atomic mass is 16.5. The maximum atomic E-state index is 12.6. The Bertz CT molecular complexity index is 903. The van der Waals surface area contributed by atoms with Gasteiger partial charge in [-0.05, 0) is 44.7 Å². The Balaban J connectivity index is 1.49. The molecule has 1 aromatic heterocycles. The Labute approximate surface area is 151 Å². The molecule has 0 saturated heterocycles. The molecule has 0 spiro atoms. The number of nitrogens with one attached hydrogen (secondary N) is 1. The normalized spacial score (nSPS) is 26.5. The summed E-state index contributed by atoms with van der Waals surface area (Å²) in [5, 5.41) is 0.508. The van der Waals surface area contributed by atoms with Crippen LogP contribution in [-0.2, 0) is 14.3 Å². The van der Waals surface area contributed by atoms with Crippen LogP contribution >= 0.6 is 0 Å². The summed E-state index contributed by atoms with van der Waals surface area (Å²) in [5.41, 5.74) is 0.332. The second kappa shape index (κ2) is 6.67. The number of hydrogen-bond acceptors (Lipinski definition) is 5. The Hall–Kier alpha value is -2.50. The molecule has 4 rings (SSSR count). The molecular weight excluding hydrogens is 332 g/mol. The van der Waals surface area contributed by atoms with Gasteiger partial charge in [-0.1, -0.05) is 18.6 Å². The molecule has 2 aliphatic carbocycles. The zero-order chi connectivity index (χ0) is 18.3. The maximum Gasteiger partial charge on any atom is 0.309 e. The molecule has 1 aromatic carbocycles. The van der Waals surface area contributed by atoms with E-state index in [-0.39, 0.29) is 29.3 Å². The van der Waals surface area contributed by atoms with E-state index < -0.39 is 6.10 Å². The molecule has 4 atom stereocenters. The number of benzene rings is 1.